The highest BCUT2D eigenvalue weighted by atomic mass is 35.5. The lowest BCUT2D eigenvalue weighted by molar-refractivity contribution is 0.483. The van der Waals surface area contributed by atoms with Crippen LogP contribution in [0.1, 0.15) is 5.56 Å². The molecule has 0 bridgehead atoms. The van der Waals surface area contributed by atoms with Crippen LogP contribution in [0.25, 0.3) is 16.3 Å². The molecule has 0 aliphatic carbocycles. The minimum absolute atomic E-state index is 0.450. The molecule has 2 heterocycles. The fourth-order valence-electron chi connectivity index (χ4n) is 2.50. The van der Waals surface area contributed by atoms with Crippen molar-refractivity contribution in [3.05, 3.63) is 76.0 Å². The van der Waals surface area contributed by atoms with Gasteiger partial charge in [-0.1, -0.05) is 46.7 Å². The Bertz CT molecular complexity index is 1160. The number of hydrogen-bond donors (Lipinski definition) is 0. The molecule has 0 saturated heterocycles. The van der Waals surface area contributed by atoms with Crippen molar-refractivity contribution in [2.24, 2.45) is 0 Å². The average Bonchev–Trinajstić information content (AvgIpc) is 3.32. The van der Waals surface area contributed by atoms with Gasteiger partial charge in [0.2, 0.25) is 5.13 Å². The van der Waals surface area contributed by atoms with Gasteiger partial charge in [0.1, 0.15) is 21.9 Å². The van der Waals surface area contributed by atoms with Crippen LogP contribution >= 0.6 is 34.5 Å². The first kappa shape index (κ1) is 17.6. The number of nitriles is 1. The van der Waals surface area contributed by atoms with Crippen LogP contribution in [0.3, 0.4) is 0 Å². The van der Waals surface area contributed by atoms with Crippen LogP contribution in [-0.2, 0) is 0 Å². The Labute approximate surface area is 169 Å². The second-order valence-electron chi connectivity index (χ2n) is 5.47. The maximum absolute atomic E-state index is 9.28. The zero-order valence-electron chi connectivity index (χ0n) is 13.6. The molecule has 0 unspecified atom stereocenters. The quantitative estimate of drug-likeness (QED) is 0.414. The van der Waals surface area contributed by atoms with Gasteiger partial charge in [-0.05, 0) is 30.3 Å². The monoisotopic (exact) mass is 412 g/mol. The minimum Gasteiger partial charge on any atom is -0.455 e. The number of thiazole rings is 1. The molecular weight excluding hydrogens is 403 g/mol. The van der Waals surface area contributed by atoms with Gasteiger partial charge in [0.05, 0.1) is 18.0 Å². The number of para-hydroxylation sites is 1. The summed E-state index contributed by atoms with van der Waals surface area (Å²) in [6.07, 6.45) is 5.10. The standard InChI is InChI=1S/C19H10Cl2N4OS/c20-14-5-6-17(26-16-4-2-1-3-12(16)8-22)15(7-14)13-9-24-25(11-13)19-23-10-18(21)27-19/h1-7,9-11H. The van der Waals surface area contributed by atoms with Gasteiger partial charge in [0, 0.05) is 22.3 Å². The van der Waals surface area contributed by atoms with Crippen LogP contribution in [0.4, 0.5) is 0 Å². The SMILES string of the molecule is N#Cc1ccccc1Oc1ccc(Cl)cc1-c1cnn(-c2ncc(Cl)s2)c1. The number of hydrogen-bond acceptors (Lipinski definition) is 5. The molecule has 0 fully saturated rings. The summed E-state index contributed by atoms with van der Waals surface area (Å²) in [5, 5.41) is 14.8. The van der Waals surface area contributed by atoms with Crippen molar-refractivity contribution in [1.82, 2.24) is 14.8 Å². The summed E-state index contributed by atoms with van der Waals surface area (Å²) in [5.41, 5.74) is 2.00. The van der Waals surface area contributed by atoms with Crippen LogP contribution in [0, 0.1) is 11.3 Å². The minimum atomic E-state index is 0.450. The molecule has 132 valence electrons. The third-order valence-corrected chi connectivity index (χ3v) is 5.06. The van der Waals surface area contributed by atoms with E-state index in [2.05, 4.69) is 16.2 Å². The predicted molar refractivity (Wildman–Crippen MR) is 106 cm³/mol. The smallest absolute Gasteiger partial charge is 0.211 e. The Kier molecular flexibility index (Phi) is 4.82. The van der Waals surface area contributed by atoms with Crippen LogP contribution in [0.2, 0.25) is 9.36 Å². The molecule has 0 radical (unpaired) electrons. The Hall–Kier alpha value is -2.85. The van der Waals surface area contributed by atoms with Crippen molar-refractivity contribution in [3.63, 3.8) is 0 Å². The Morgan fingerprint density at radius 1 is 1.07 bits per heavy atom. The number of nitrogens with zero attached hydrogens (tertiary/aromatic N) is 4. The maximum Gasteiger partial charge on any atom is 0.211 e. The van der Waals surface area contributed by atoms with E-state index in [0.717, 1.165) is 11.1 Å². The number of aromatic nitrogens is 3. The first-order valence-corrected chi connectivity index (χ1v) is 9.34. The molecule has 0 saturated carbocycles. The van der Waals surface area contributed by atoms with Crippen molar-refractivity contribution in [1.29, 1.82) is 5.26 Å². The summed E-state index contributed by atoms with van der Waals surface area (Å²) in [4.78, 5) is 4.22. The number of halogens is 2. The zero-order chi connectivity index (χ0) is 18.8. The maximum atomic E-state index is 9.28. The van der Waals surface area contributed by atoms with E-state index in [9.17, 15) is 5.26 Å². The average molecular weight is 413 g/mol. The van der Waals surface area contributed by atoms with E-state index in [1.54, 1.807) is 53.5 Å². The number of rotatable bonds is 4. The van der Waals surface area contributed by atoms with Crippen molar-refractivity contribution in [3.8, 4) is 33.8 Å². The van der Waals surface area contributed by atoms with Crippen molar-refractivity contribution in [2.45, 2.75) is 0 Å². The third-order valence-electron chi connectivity index (χ3n) is 3.72. The molecule has 8 heteroatoms. The van der Waals surface area contributed by atoms with Crippen LogP contribution in [-0.4, -0.2) is 14.8 Å². The van der Waals surface area contributed by atoms with Gasteiger partial charge in [-0.25, -0.2) is 9.67 Å². The lowest BCUT2D eigenvalue weighted by atomic mass is 10.1. The zero-order valence-corrected chi connectivity index (χ0v) is 16.0. The Morgan fingerprint density at radius 2 is 1.93 bits per heavy atom. The van der Waals surface area contributed by atoms with Gasteiger partial charge in [-0.3, -0.25) is 0 Å². The molecule has 27 heavy (non-hydrogen) atoms. The molecule has 0 aliphatic heterocycles. The summed E-state index contributed by atoms with van der Waals surface area (Å²) in [6, 6.07) is 14.5. The molecule has 4 rings (SSSR count). The van der Waals surface area contributed by atoms with Crippen LogP contribution < -0.4 is 4.74 Å². The lowest BCUT2D eigenvalue weighted by Crippen LogP contribution is -1.92. The Balaban J connectivity index is 1.74. The highest BCUT2D eigenvalue weighted by Gasteiger charge is 2.14. The van der Waals surface area contributed by atoms with E-state index >= 15 is 0 Å². The van der Waals surface area contributed by atoms with E-state index in [4.69, 9.17) is 27.9 Å². The van der Waals surface area contributed by atoms with E-state index in [1.807, 2.05) is 12.3 Å². The molecular formula is C19H10Cl2N4OS. The lowest BCUT2D eigenvalue weighted by Gasteiger charge is -2.11. The van der Waals surface area contributed by atoms with E-state index in [1.165, 1.54) is 11.3 Å². The number of ether oxygens (including phenoxy) is 1. The molecule has 2 aromatic carbocycles. The topological polar surface area (TPSA) is 63.7 Å². The van der Waals surface area contributed by atoms with Crippen LogP contribution in [0.15, 0.2) is 61.1 Å². The highest BCUT2D eigenvalue weighted by Crippen LogP contribution is 2.36. The van der Waals surface area contributed by atoms with Crippen molar-refractivity contribution >= 4 is 34.5 Å². The molecule has 0 amide bonds. The molecule has 4 aromatic rings. The first-order valence-electron chi connectivity index (χ1n) is 7.77. The van der Waals surface area contributed by atoms with E-state index in [-0.39, 0.29) is 0 Å². The van der Waals surface area contributed by atoms with E-state index < -0.39 is 0 Å². The van der Waals surface area contributed by atoms with Crippen LogP contribution in [0.5, 0.6) is 11.5 Å². The van der Waals surface area contributed by atoms with Gasteiger partial charge in [-0.2, -0.15) is 10.4 Å². The summed E-state index contributed by atoms with van der Waals surface area (Å²) < 4.78 is 8.23. The fraction of sp³-hybridized carbons (Fsp3) is 0. The first-order chi connectivity index (χ1) is 13.1. The highest BCUT2D eigenvalue weighted by molar-refractivity contribution is 7.18. The van der Waals surface area contributed by atoms with Gasteiger partial charge in [-0.15, -0.1) is 0 Å². The predicted octanol–water partition coefficient (Wildman–Crippen LogP) is 5.97. The van der Waals surface area contributed by atoms with Gasteiger partial charge in [0.15, 0.2) is 0 Å². The normalized spacial score (nSPS) is 10.6. The third kappa shape index (κ3) is 3.67. The fourth-order valence-corrected chi connectivity index (χ4v) is 3.51. The van der Waals surface area contributed by atoms with E-state index in [0.29, 0.717) is 31.6 Å². The summed E-state index contributed by atoms with van der Waals surface area (Å²) in [6.45, 7) is 0. The molecule has 0 N–H and O–H groups in total. The second kappa shape index (κ2) is 7.41. The molecule has 0 atom stereocenters. The summed E-state index contributed by atoms with van der Waals surface area (Å²) in [7, 11) is 0. The van der Waals surface area contributed by atoms with Gasteiger partial charge < -0.3 is 4.74 Å². The van der Waals surface area contributed by atoms with Gasteiger partial charge in [0.25, 0.3) is 0 Å². The summed E-state index contributed by atoms with van der Waals surface area (Å²) >= 11 is 13.5. The molecule has 0 spiro atoms. The summed E-state index contributed by atoms with van der Waals surface area (Å²) in [5.74, 6) is 1.04. The largest absolute Gasteiger partial charge is 0.455 e. The second-order valence-corrected chi connectivity index (χ2v) is 7.55. The van der Waals surface area contributed by atoms with Gasteiger partial charge >= 0.3 is 0 Å². The molecule has 5 nitrogen and oxygen atoms in total. The molecule has 0 aliphatic rings. The number of benzene rings is 2. The Morgan fingerprint density at radius 3 is 2.70 bits per heavy atom. The van der Waals surface area contributed by atoms with Crippen molar-refractivity contribution in [2.75, 3.05) is 0 Å². The van der Waals surface area contributed by atoms with Crippen molar-refractivity contribution < 1.29 is 4.74 Å². The molecule has 2 aromatic heterocycles.